The van der Waals surface area contributed by atoms with Gasteiger partial charge in [-0.1, -0.05) is 25.0 Å². The Kier molecular flexibility index (Phi) is 6.81. The van der Waals surface area contributed by atoms with Crippen LogP contribution < -0.4 is 20.7 Å². The maximum Gasteiger partial charge on any atom is 0.573 e. The van der Waals surface area contributed by atoms with Crippen molar-refractivity contribution in [2.45, 2.75) is 38.1 Å². The Labute approximate surface area is 171 Å². The van der Waals surface area contributed by atoms with E-state index in [1.54, 1.807) is 24.3 Å². The summed E-state index contributed by atoms with van der Waals surface area (Å²) in [4.78, 5) is 24.8. The summed E-state index contributed by atoms with van der Waals surface area (Å²) in [6.45, 7) is -0.127. The van der Waals surface area contributed by atoms with E-state index in [9.17, 15) is 22.8 Å². The van der Waals surface area contributed by atoms with Crippen LogP contribution in [0.3, 0.4) is 0 Å². The van der Waals surface area contributed by atoms with Crippen LogP contribution in [0.25, 0.3) is 0 Å². The highest BCUT2D eigenvalue weighted by Crippen LogP contribution is 2.24. The number of hydrogen-bond acceptors (Lipinski definition) is 4. The number of hydrogen-bond donors (Lipinski definition) is 3. The molecule has 2 aromatic carbocycles. The number of benzene rings is 2. The maximum absolute atomic E-state index is 12.5. The second-order valence-electron chi connectivity index (χ2n) is 6.97. The first kappa shape index (κ1) is 21.5. The van der Waals surface area contributed by atoms with Crippen molar-refractivity contribution in [2.24, 2.45) is 0 Å². The predicted octanol–water partition coefficient (Wildman–Crippen LogP) is 4.31. The Morgan fingerprint density at radius 1 is 1.00 bits per heavy atom. The minimum Gasteiger partial charge on any atom is -0.406 e. The number of alkyl halides is 3. The first-order valence-corrected chi connectivity index (χ1v) is 9.59. The molecule has 0 aliphatic heterocycles. The topological polar surface area (TPSA) is 79.5 Å². The molecule has 9 heteroatoms. The minimum atomic E-state index is -4.76. The Balaban J connectivity index is 1.54. The van der Waals surface area contributed by atoms with Gasteiger partial charge in [-0.2, -0.15) is 0 Å². The molecule has 0 saturated heterocycles. The average molecular weight is 421 g/mol. The van der Waals surface area contributed by atoms with Crippen LogP contribution in [0.5, 0.6) is 5.75 Å². The predicted molar refractivity (Wildman–Crippen MR) is 106 cm³/mol. The van der Waals surface area contributed by atoms with Crippen molar-refractivity contribution >= 4 is 23.2 Å². The summed E-state index contributed by atoms with van der Waals surface area (Å²) in [6.07, 6.45) is -0.656. The number of para-hydroxylation sites is 1. The van der Waals surface area contributed by atoms with Gasteiger partial charge in [-0.25, -0.2) is 0 Å². The lowest BCUT2D eigenvalue weighted by atomic mass is 10.1. The van der Waals surface area contributed by atoms with Crippen molar-refractivity contribution in [2.75, 3.05) is 17.2 Å². The quantitative estimate of drug-likeness (QED) is 0.623. The van der Waals surface area contributed by atoms with Gasteiger partial charge in [0.05, 0.1) is 17.8 Å². The second kappa shape index (κ2) is 9.51. The van der Waals surface area contributed by atoms with Crippen molar-refractivity contribution in [1.29, 1.82) is 0 Å². The van der Waals surface area contributed by atoms with Crippen molar-refractivity contribution in [3.8, 4) is 5.75 Å². The molecule has 1 aliphatic carbocycles. The third-order valence-corrected chi connectivity index (χ3v) is 4.68. The zero-order valence-corrected chi connectivity index (χ0v) is 16.1. The van der Waals surface area contributed by atoms with E-state index >= 15 is 0 Å². The molecule has 0 bridgehead atoms. The smallest absolute Gasteiger partial charge is 0.406 e. The fraction of sp³-hybridized carbons (Fsp3) is 0.333. The van der Waals surface area contributed by atoms with Crippen LogP contribution in [0.1, 0.15) is 36.0 Å². The normalized spacial score (nSPS) is 14.2. The molecule has 0 heterocycles. The van der Waals surface area contributed by atoms with E-state index in [1.165, 1.54) is 12.1 Å². The molecule has 160 valence electrons. The monoisotopic (exact) mass is 421 g/mol. The molecule has 30 heavy (non-hydrogen) atoms. The van der Waals surface area contributed by atoms with Gasteiger partial charge >= 0.3 is 6.36 Å². The Bertz CT molecular complexity index is 879. The van der Waals surface area contributed by atoms with Gasteiger partial charge in [-0.05, 0) is 49.2 Å². The van der Waals surface area contributed by atoms with E-state index in [0.29, 0.717) is 16.9 Å². The van der Waals surface area contributed by atoms with Gasteiger partial charge in [0.15, 0.2) is 0 Å². The number of rotatable bonds is 7. The summed E-state index contributed by atoms with van der Waals surface area (Å²) in [6, 6.07) is 11.9. The molecule has 2 amide bonds. The van der Waals surface area contributed by atoms with E-state index in [-0.39, 0.29) is 24.2 Å². The summed E-state index contributed by atoms with van der Waals surface area (Å²) >= 11 is 0. The average Bonchev–Trinajstić information content (AvgIpc) is 3.19. The van der Waals surface area contributed by atoms with Crippen molar-refractivity contribution in [3.05, 3.63) is 54.1 Å². The summed E-state index contributed by atoms with van der Waals surface area (Å²) in [5, 5.41) is 8.50. The Morgan fingerprint density at radius 3 is 2.33 bits per heavy atom. The molecular weight excluding hydrogens is 399 g/mol. The highest BCUT2D eigenvalue weighted by Gasteiger charge is 2.31. The third kappa shape index (κ3) is 6.40. The van der Waals surface area contributed by atoms with Gasteiger partial charge in [0, 0.05) is 11.7 Å². The van der Waals surface area contributed by atoms with Crippen molar-refractivity contribution in [3.63, 3.8) is 0 Å². The molecular formula is C21H22F3N3O3. The first-order valence-electron chi connectivity index (χ1n) is 9.59. The van der Waals surface area contributed by atoms with Crippen LogP contribution in [-0.2, 0) is 4.79 Å². The number of nitrogens with one attached hydrogen (secondary N) is 3. The lowest BCUT2D eigenvalue weighted by Gasteiger charge is -2.15. The van der Waals surface area contributed by atoms with Gasteiger partial charge in [0.2, 0.25) is 5.91 Å². The molecule has 1 saturated carbocycles. The van der Waals surface area contributed by atoms with Crippen LogP contribution in [0, 0.1) is 0 Å². The van der Waals surface area contributed by atoms with Gasteiger partial charge in [0.1, 0.15) is 5.75 Å². The number of ether oxygens (including phenoxy) is 1. The summed E-state index contributed by atoms with van der Waals surface area (Å²) in [7, 11) is 0. The van der Waals surface area contributed by atoms with E-state index < -0.39 is 12.3 Å². The zero-order chi connectivity index (χ0) is 21.6. The first-order chi connectivity index (χ1) is 14.3. The molecule has 1 aliphatic rings. The summed E-state index contributed by atoms with van der Waals surface area (Å²) in [5.41, 5.74) is 1.23. The van der Waals surface area contributed by atoms with Crippen LogP contribution in [-0.4, -0.2) is 30.8 Å². The van der Waals surface area contributed by atoms with Crippen molar-refractivity contribution < 1.29 is 27.5 Å². The molecule has 0 radical (unpaired) electrons. The second-order valence-corrected chi connectivity index (χ2v) is 6.97. The fourth-order valence-corrected chi connectivity index (χ4v) is 3.27. The number of anilines is 2. The van der Waals surface area contributed by atoms with E-state index in [0.717, 1.165) is 37.8 Å². The number of carbonyl (C=O) groups excluding carboxylic acids is 2. The number of amides is 2. The van der Waals surface area contributed by atoms with Crippen LogP contribution in [0.2, 0.25) is 0 Å². The van der Waals surface area contributed by atoms with Gasteiger partial charge in [-0.3, -0.25) is 9.59 Å². The SMILES string of the molecule is O=C(CNc1ccc(OC(F)(F)F)cc1)Nc1ccccc1C(=O)NC1CCCC1. The highest BCUT2D eigenvalue weighted by atomic mass is 19.4. The molecule has 0 aromatic heterocycles. The molecule has 2 aromatic rings. The van der Waals surface area contributed by atoms with E-state index in [2.05, 4.69) is 20.7 Å². The van der Waals surface area contributed by atoms with Crippen LogP contribution >= 0.6 is 0 Å². The molecule has 0 unspecified atom stereocenters. The lowest BCUT2D eigenvalue weighted by molar-refractivity contribution is -0.274. The third-order valence-electron chi connectivity index (χ3n) is 4.68. The molecule has 3 rings (SSSR count). The van der Waals surface area contributed by atoms with E-state index in [1.807, 2.05) is 0 Å². The summed E-state index contributed by atoms with van der Waals surface area (Å²) < 4.78 is 40.4. The summed E-state index contributed by atoms with van der Waals surface area (Å²) in [5.74, 6) is -0.975. The van der Waals surface area contributed by atoms with Crippen LogP contribution in [0.15, 0.2) is 48.5 Å². The van der Waals surface area contributed by atoms with Gasteiger partial charge in [0.25, 0.3) is 5.91 Å². The Hall–Kier alpha value is -3.23. The standard InChI is InChI=1S/C21H22F3N3O3/c22-21(23,24)30-16-11-9-14(10-12-16)25-13-19(28)27-18-8-4-3-7-17(18)20(29)26-15-5-1-2-6-15/h3-4,7-12,15,25H,1-2,5-6,13H2,(H,26,29)(H,27,28). The van der Waals surface area contributed by atoms with Crippen molar-refractivity contribution in [1.82, 2.24) is 5.32 Å². The molecule has 6 nitrogen and oxygen atoms in total. The lowest BCUT2D eigenvalue weighted by Crippen LogP contribution is -2.33. The largest absolute Gasteiger partial charge is 0.573 e. The molecule has 0 spiro atoms. The minimum absolute atomic E-state index is 0.127. The number of carbonyl (C=O) groups is 2. The molecule has 0 atom stereocenters. The highest BCUT2D eigenvalue weighted by molar-refractivity contribution is 6.04. The van der Waals surface area contributed by atoms with E-state index in [4.69, 9.17) is 0 Å². The molecule has 1 fully saturated rings. The van der Waals surface area contributed by atoms with Gasteiger partial charge < -0.3 is 20.7 Å². The van der Waals surface area contributed by atoms with Crippen LogP contribution in [0.4, 0.5) is 24.5 Å². The fourth-order valence-electron chi connectivity index (χ4n) is 3.27. The zero-order valence-electron chi connectivity index (χ0n) is 16.1. The number of halogens is 3. The maximum atomic E-state index is 12.5. The molecule has 3 N–H and O–H groups in total. The Morgan fingerprint density at radius 2 is 1.67 bits per heavy atom. The van der Waals surface area contributed by atoms with Gasteiger partial charge in [-0.15, -0.1) is 13.2 Å².